The maximum absolute atomic E-state index is 12.9. The molecular formula is C25H24O4P+. The predicted molar refractivity (Wildman–Crippen MR) is 121 cm³/mol. The highest BCUT2D eigenvalue weighted by molar-refractivity contribution is 7.95. The van der Waals surface area contributed by atoms with Crippen molar-refractivity contribution in [2.75, 3.05) is 6.16 Å². The molecule has 0 saturated carbocycles. The van der Waals surface area contributed by atoms with Crippen molar-refractivity contribution in [3.63, 3.8) is 0 Å². The summed E-state index contributed by atoms with van der Waals surface area (Å²) in [6.07, 6.45) is 0.297. The SMILES string of the molecule is CC1(C)OC(=O)C(C[P+](c2ccccc2)(c2ccccc2)c2ccccc2)=C(O)O1. The average Bonchev–Trinajstić information content (AvgIpc) is 2.75. The number of aliphatic hydroxyl groups is 1. The number of aliphatic hydroxyl groups excluding tert-OH is 1. The van der Waals surface area contributed by atoms with Gasteiger partial charge < -0.3 is 14.6 Å². The lowest BCUT2D eigenvalue weighted by atomic mass is 10.2. The molecule has 152 valence electrons. The van der Waals surface area contributed by atoms with Gasteiger partial charge in [-0.3, -0.25) is 0 Å². The number of cyclic esters (lactones) is 1. The molecule has 30 heavy (non-hydrogen) atoms. The fourth-order valence-corrected chi connectivity index (χ4v) is 8.05. The molecule has 4 rings (SSSR count). The van der Waals surface area contributed by atoms with Crippen LogP contribution in [0.25, 0.3) is 0 Å². The standard InChI is InChI=1S/C25H23O4P/c1-25(2)28-23(26)22(24(27)29-25)18-30(19-12-6-3-7-13-19,20-14-8-4-9-15-20)21-16-10-5-11-17-21/h3-17H,18H2,1-2H3/p+1. The summed E-state index contributed by atoms with van der Waals surface area (Å²) in [5.41, 5.74) is 0.166. The first-order valence-corrected chi connectivity index (χ1v) is 11.8. The first kappa shape index (κ1) is 20.2. The second-order valence-corrected chi connectivity index (χ2v) is 11.1. The Morgan fingerprint density at radius 1 is 0.733 bits per heavy atom. The Morgan fingerprint density at radius 2 is 1.13 bits per heavy atom. The molecule has 0 aromatic heterocycles. The molecule has 1 aliphatic rings. The van der Waals surface area contributed by atoms with E-state index in [2.05, 4.69) is 36.4 Å². The zero-order valence-corrected chi connectivity index (χ0v) is 17.9. The molecule has 0 atom stereocenters. The van der Waals surface area contributed by atoms with Crippen LogP contribution in [0.5, 0.6) is 0 Å². The third kappa shape index (κ3) is 3.71. The summed E-state index contributed by atoms with van der Waals surface area (Å²) >= 11 is 0. The smallest absolute Gasteiger partial charge is 0.348 e. The Bertz CT molecular complexity index is 963. The lowest BCUT2D eigenvalue weighted by molar-refractivity contribution is -0.221. The monoisotopic (exact) mass is 419 g/mol. The lowest BCUT2D eigenvalue weighted by Crippen LogP contribution is -2.41. The molecule has 4 nitrogen and oxygen atoms in total. The van der Waals surface area contributed by atoms with Crippen LogP contribution in [0.1, 0.15) is 13.8 Å². The average molecular weight is 419 g/mol. The Kier molecular flexibility index (Phi) is 5.36. The van der Waals surface area contributed by atoms with Crippen LogP contribution in [0.3, 0.4) is 0 Å². The lowest BCUT2D eigenvalue weighted by Gasteiger charge is -2.33. The van der Waals surface area contributed by atoms with Gasteiger partial charge in [0.1, 0.15) is 29.3 Å². The fraction of sp³-hybridized carbons (Fsp3) is 0.160. The Hall–Kier alpha value is -3.10. The van der Waals surface area contributed by atoms with Gasteiger partial charge in [0, 0.05) is 13.8 Å². The highest BCUT2D eigenvalue weighted by Crippen LogP contribution is 2.57. The molecule has 0 fully saturated rings. The first-order chi connectivity index (χ1) is 14.4. The normalized spacial score (nSPS) is 16.0. The molecule has 1 aliphatic heterocycles. The van der Waals surface area contributed by atoms with Crippen LogP contribution < -0.4 is 15.9 Å². The van der Waals surface area contributed by atoms with Crippen LogP contribution in [-0.2, 0) is 14.3 Å². The van der Waals surface area contributed by atoms with E-state index < -0.39 is 19.0 Å². The van der Waals surface area contributed by atoms with Gasteiger partial charge in [0.05, 0.1) is 0 Å². The molecule has 3 aromatic carbocycles. The molecular weight excluding hydrogens is 395 g/mol. The van der Waals surface area contributed by atoms with E-state index in [-0.39, 0.29) is 11.5 Å². The van der Waals surface area contributed by atoms with Crippen LogP contribution in [0, 0.1) is 0 Å². The van der Waals surface area contributed by atoms with Crippen molar-refractivity contribution in [2.24, 2.45) is 0 Å². The molecule has 0 spiro atoms. The Labute approximate surface area is 177 Å². The van der Waals surface area contributed by atoms with Crippen LogP contribution in [0.4, 0.5) is 0 Å². The van der Waals surface area contributed by atoms with Crippen molar-refractivity contribution in [2.45, 2.75) is 19.6 Å². The van der Waals surface area contributed by atoms with Gasteiger partial charge in [-0.2, -0.15) is 0 Å². The molecule has 0 radical (unpaired) electrons. The van der Waals surface area contributed by atoms with Crippen molar-refractivity contribution >= 4 is 29.1 Å². The summed E-state index contributed by atoms with van der Waals surface area (Å²) in [6.45, 7) is 3.21. The van der Waals surface area contributed by atoms with Gasteiger partial charge >= 0.3 is 5.97 Å². The second kappa shape index (κ2) is 7.97. The third-order valence-electron chi connectivity index (χ3n) is 5.17. The predicted octanol–water partition coefficient (Wildman–Crippen LogP) is 4.06. The van der Waals surface area contributed by atoms with Crippen molar-refractivity contribution in [1.82, 2.24) is 0 Å². The third-order valence-corrected chi connectivity index (χ3v) is 9.50. The number of benzene rings is 3. The van der Waals surface area contributed by atoms with E-state index in [9.17, 15) is 9.90 Å². The van der Waals surface area contributed by atoms with Crippen LogP contribution >= 0.6 is 7.26 Å². The maximum Gasteiger partial charge on any atom is 0.348 e. The first-order valence-electron chi connectivity index (χ1n) is 9.82. The minimum absolute atomic E-state index is 0.166. The van der Waals surface area contributed by atoms with E-state index in [1.54, 1.807) is 13.8 Å². The number of hydrogen-bond acceptors (Lipinski definition) is 4. The molecule has 0 amide bonds. The number of rotatable bonds is 5. The van der Waals surface area contributed by atoms with E-state index >= 15 is 0 Å². The summed E-state index contributed by atoms with van der Waals surface area (Å²) in [6, 6.07) is 30.5. The summed E-state index contributed by atoms with van der Waals surface area (Å²) in [5, 5.41) is 14.0. The zero-order valence-electron chi connectivity index (χ0n) is 17.0. The summed E-state index contributed by atoms with van der Waals surface area (Å²) in [5.74, 6) is -2.10. The molecule has 0 unspecified atom stereocenters. The second-order valence-electron chi connectivity index (χ2n) is 7.65. The fourth-order valence-electron chi connectivity index (χ4n) is 3.83. The van der Waals surface area contributed by atoms with Gasteiger partial charge in [0.25, 0.3) is 11.7 Å². The Balaban J connectivity index is 1.98. The number of carbonyl (C=O) groups excluding carboxylic acids is 1. The van der Waals surface area contributed by atoms with E-state index in [4.69, 9.17) is 9.47 Å². The zero-order chi connectivity index (χ0) is 21.2. The summed E-state index contributed by atoms with van der Waals surface area (Å²) in [4.78, 5) is 12.9. The van der Waals surface area contributed by atoms with Crippen molar-refractivity contribution in [3.05, 3.63) is 103 Å². The van der Waals surface area contributed by atoms with Gasteiger partial charge in [-0.25, -0.2) is 4.79 Å². The molecule has 1 N–H and O–H groups in total. The minimum atomic E-state index is -2.34. The van der Waals surface area contributed by atoms with E-state index in [0.29, 0.717) is 6.16 Å². The van der Waals surface area contributed by atoms with E-state index in [1.807, 2.05) is 54.6 Å². The van der Waals surface area contributed by atoms with E-state index in [1.165, 1.54) is 0 Å². The number of esters is 1. The number of carbonyl (C=O) groups is 1. The topological polar surface area (TPSA) is 55.8 Å². The molecule has 5 heteroatoms. The summed E-state index contributed by atoms with van der Waals surface area (Å²) in [7, 11) is -2.34. The Morgan fingerprint density at radius 3 is 1.50 bits per heavy atom. The van der Waals surface area contributed by atoms with Crippen molar-refractivity contribution in [1.29, 1.82) is 0 Å². The van der Waals surface area contributed by atoms with Gasteiger partial charge in [-0.1, -0.05) is 54.6 Å². The minimum Gasteiger partial charge on any atom is -0.480 e. The van der Waals surface area contributed by atoms with Crippen LogP contribution in [0.15, 0.2) is 103 Å². The number of ether oxygens (including phenoxy) is 2. The number of hydrogen-bond donors (Lipinski definition) is 1. The van der Waals surface area contributed by atoms with Crippen molar-refractivity contribution < 1.29 is 19.4 Å². The van der Waals surface area contributed by atoms with Gasteiger partial charge in [-0.05, 0) is 36.4 Å². The molecule has 0 saturated heterocycles. The quantitative estimate of drug-likeness (QED) is 0.501. The summed E-state index contributed by atoms with van der Waals surface area (Å²) < 4.78 is 11.0. The van der Waals surface area contributed by atoms with E-state index in [0.717, 1.165) is 15.9 Å². The van der Waals surface area contributed by atoms with Crippen molar-refractivity contribution in [3.8, 4) is 0 Å². The van der Waals surface area contributed by atoms with Gasteiger partial charge in [-0.15, -0.1) is 0 Å². The highest BCUT2D eigenvalue weighted by Gasteiger charge is 2.50. The molecule has 0 aliphatic carbocycles. The van der Waals surface area contributed by atoms with Crippen LogP contribution in [-0.4, -0.2) is 23.0 Å². The highest BCUT2D eigenvalue weighted by atomic mass is 31.2. The van der Waals surface area contributed by atoms with Gasteiger partial charge in [0.15, 0.2) is 5.57 Å². The maximum atomic E-state index is 12.9. The van der Waals surface area contributed by atoms with Crippen LogP contribution in [0.2, 0.25) is 0 Å². The molecule has 3 aromatic rings. The molecule has 0 bridgehead atoms. The largest absolute Gasteiger partial charge is 0.480 e. The molecule has 1 heterocycles. The van der Waals surface area contributed by atoms with Gasteiger partial charge in [0.2, 0.25) is 0 Å².